The summed E-state index contributed by atoms with van der Waals surface area (Å²) < 4.78 is 0. The number of carbonyl (C=O) groups is 1. The van der Waals surface area contributed by atoms with Crippen LogP contribution in [0.1, 0.15) is 97.8 Å². The highest BCUT2D eigenvalue weighted by Crippen LogP contribution is 2.67. The Morgan fingerprint density at radius 2 is 1.81 bits per heavy atom. The molecule has 0 saturated heterocycles. The van der Waals surface area contributed by atoms with Crippen LogP contribution in [0.4, 0.5) is 0 Å². The van der Waals surface area contributed by atoms with Gasteiger partial charge in [-0.3, -0.25) is 4.79 Å². The second-order valence-corrected chi connectivity index (χ2v) is 11.0. The third-order valence-corrected chi connectivity index (χ3v) is 9.74. The molecule has 0 radical (unpaired) electrons. The number of allylic oxidation sites excluding steroid dienone is 1. The molecule has 1 nitrogen and oxygen atoms in total. The topological polar surface area (TPSA) is 17.1 Å². The summed E-state index contributed by atoms with van der Waals surface area (Å²) in [5.41, 5.74) is 2.23. The fourth-order valence-corrected chi connectivity index (χ4v) is 8.19. The highest BCUT2D eigenvalue weighted by Gasteiger charge is 2.61. The van der Waals surface area contributed by atoms with E-state index < -0.39 is 0 Å². The van der Waals surface area contributed by atoms with E-state index in [2.05, 4.69) is 27.4 Å². The van der Waals surface area contributed by atoms with Gasteiger partial charge >= 0.3 is 0 Å². The van der Waals surface area contributed by atoms with Crippen molar-refractivity contribution in [2.75, 3.05) is 0 Å². The number of hydrogen-bond donors (Lipinski definition) is 0. The lowest BCUT2D eigenvalue weighted by Gasteiger charge is -2.59. The summed E-state index contributed by atoms with van der Waals surface area (Å²) in [5.74, 6) is 3.99. The van der Waals surface area contributed by atoms with Gasteiger partial charge in [0.2, 0.25) is 0 Å². The Morgan fingerprint density at radius 3 is 2.58 bits per heavy atom. The molecule has 4 saturated carbocycles. The van der Waals surface area contributed by atoms with E-state index in [0.717, 1.165) is 12.3 Å². The highest BCUT2D eigenvalue weighted by atomic mass is 16.1. The van der Waals surface area contributed by atoms with Gasteiger partial charge in [-0.05, 0) is 99.2 Å². The molecule has 26 heavy (non-hydrogen) atoms. The SMILES string of the molecule is C=C(C)CCCC1CCC2C3C(=O)CC4CCCCC4(C)C3CCC12C. The predicted molar refractivity (Wildman–Crippen MR) is 109 cm³/mol. The van der Waals surface area contributed by atoms with Crippen molar-refractivity contribution in [2.24, 2.45) is 40.4 Å². The van der Waals surface area contributed by atoms with E-state index in [1.807, 2.05) is 0 Å². The third kappa shape index (κ3) is 2.83. The van der Waals surface area contributed by atoms with Crippen LogP contribution in [0, 0.1) is 40.4 Å². The Morgan fingerprint density at radius 1 is 1.04 bits per heavy atom. The molecular formula is C25H40O. The van der Waals surface area contributed by atoms with Crippen molar-refractivity contribution in [3.8, 4) is 0 Å². The number of ketones is 1. The van der Waals surface area contributed by atoms with Crippen molar-refractivity contribution in [3.05, 3.63) is 12.2 Å². The Hall–Kier alpha value is -0.590. The number of hydrogen-bond acceptors (Lipinski definition) is 1. The van der Waals surface area contributed by atoms with Crippen LogP contribution in [0.2, 0.25) is 0 Å². The molecule has 0 aromatic rings. The van der Waals surface area contributed by atoms with Crippen molar-refractivity contribution < 1.29 is 4.79 Å². The molecule has 0 aromatic carbocycles. The van der Waals surface area contributed by atoms with Gasteiger partial charge in [-0.25, -0.2) is 0 Å². The highest BCUT2D eigenvalue weighted by molar-refractivity contribution is 5.83. The Balaban J connectivity index is 1.54. The number of carbonyl (C=O) groups excluding carboxylic acids is 1. The van der Waals surface area contributed by atoms with Crippen LogP contribution in [-0.2, 0) is 4.79 Å². The molecule has 0 N–H and O–H groups in total. The molecule has 7 unspecified atom stereocenters. The summed E-state index contributed by atoms with van der Waals surface area (Å²) in [6, 6.07) is 0. The van der Waals surface area contributed by atoms with E-state index in [4.69, 9.17) is 0 Å². The first kappa shape index (κ1) is 18.8. The van der Waals surface area contributed by atoms with Crippen LogP contribution in [0.5, 0.6) is 0 Å². The van der Waals surface area contributed by atoms with Crippen LogP contribution in [0.15, 0.2) is 12.2 Å². The zero-order valence-corrected chi connectivity index (χ0v) is 17.5. The standard InChI is InChI=1S/C25H40O/c1-17(2)8-7-10-18-11-12-20-23-21(13-15-25(18,20)4)24(3)14-6-5-9-19(24)16-22(23)26/h18-21,23H,1,5-16H2,2-4H3. The molecule has 0 amide bonds. The predicted octanol–water partition coefficient (Wildman–Crippen LogP) is 6.96. The average molecular weight is 357 g/mol. The molecule has 0 spiro atoms. The molecule has 146 valence electrons. The van der Waals surface area contributed by atoms with E-state index in [0.29, 0.717) is 40.3 Å². The van der Waals surface area contributed by atoms with Gasteiger partial charge < -0.3 is 0 Å². The largest absolute Gasteiger partial charge is 0.299 e. The smallest absolute Gasteiger partial charge is 0.136 e. The molecule has 4 rings (SSSR count). The molecule has 0 aliphatic heterocycles. The third-order valence-electron chi connectivity index (χ3n) is 9.74. The van der Waals surface area contributed by atoms with Gasteiger partial charge in [0.1, 0.15) is 5.78 Å². The second-order valence-electron chi connectivity index (χ2n) is 11.0. The lowest BCUT2D eigenvalue weighted by Crippen LogP contribution is -2.56. The zero-order valence-electron chi connectivity index (χ0n) is 17.5. The summed E-state index contributed by atoms with van der Waals surface area (Å²) in [6.45, 7) is 11.4. The van der Waals surface area contributed by atoms with E-state index in [-0.39, 0.29) is 0 Å². The Bertz CT molecular complexity index is 577. The minimum atomic E-state index is 0.402. The van der Waals surface area contributed by atoms with Crippen molar-refractivity contribution in [1.82, 2.24) is 0 Å². The minimum Gasteiger partial charge on any atom is -0.299 e. The van der Waals surface area contributed by atoms with Crippen molar-refractivity contribution >= 4 is 5.78 Å². The van der Waals surface area contributed by atoms with Crippen molar-refractivity contribution in [2.45, 2.75) is 97.8 Å². The number of fused-ring (bicyclic) bond motifs is 5. The van der Waals surface area contributed by atoms with Gasteiger partial charge in [0.25, 0.3) is 0 Å². The Kier molecular flexibility index (Phi) is 4.89. The van der Waals surface area contributed by atoms with Gasteiger partial charge in [-0.1, -0.05) is 32.3 Å². The van der Waals surface area contributed by atoms with Gasteiger partial charge in [0.05, 0.1) is 0 Å². The summed E-state index contributed by atoms with van der Waals surface area (Å²) in [5, 5.41) is 0. The second kappa shape index (κ2) is 6.78. The fraction of sp³-hybridized carbons (Fsp3) is 0.880. The maximum atomic E-state index is 13.3. The molecule has 4 fully saturated rings. The van der Waals surface area contributed by atoms with E-state index in [1.165, 1.54) is 76.2 Å². The van der Waals surface area contributed by atoms with Crippen LogP contribution in [0.3, 0.4) is 0 Å². The lowest BCUT2D eigenvalue weighted by atomic mass is 9.44. The summed E-state index contributed by atoms with van der Waals surface area (Å²) in [4.78, 5) is 13.3. The number of Topliss-reactive ketones (excluding diaryl/α,β-unsaturated/α-hetero) is 1. The molecule has 0 heterocycles. The molecule has 1 heteroatoms. The maximum Gasteiger partial charge on any atom is 0.136 e. The molecule has 7 atom stereocenters. The van der Waals surface area contributed by atoms with Crippen LogP contribution >= 0.6 is 0 Å². The van der Waals surface area contributed by atoms with Gasteiger partial charge in [-0.15, -0.1) is 6.58 Å². The first-order valence-electron chi connectivity index (χ1n) is 11.5. The number of rotatable bonds is 4. The van der Waals surface area contributed by atoms with Gasteiger partial charge in [-0.2, -0.15) is 0 Å². The fourth-order valence-electron chi connectivity index (χ4n) is 8.19. The summed E-state index contributed by atoms with van der Waals surface area (Å²) in [7, 11) is 0. The van der Waals surface area contributed by atoms with E-state index in [1.54, 1.807) is 0 Å². The zero-order chi connectivity index (χ0) is 18.5. The van der Waals surface area contributed by atoms with Crippen molar-refractivity contribution in [3.63, 3.8) is 0 Å². The monoisotopic (exact) mass is 356 g/mol. The first-order chi connectivity index (χ1) is 12.4. The molecule has 4 aliphatic carbocycles. The first-order valence-corrected chi connectivity index (χ1v) is 11.5. The molecule has 0 bridgehead atoms. The molecular weight excluding hydrogens is 316 g/mol. The summed E-state index contributed by atoms with van der Waals surface area (Å²) in [6.07, 6.45) is 15.6. The van der Waals surface area contributed by atoms with Gasteiger partial charge in [0.15, 0.2) is 0 Å². The normalized spacial score (nSPS) is 47.8. The van der Waals surface area contributed by atoms with Crippen LogP contribution in [-0.4, -0.2) is 5.78 Å². The minimum absolute atomic E-state index is 0.402. The maximum absolute atomic E-state index is 13.3. The van der Waals surface area contributed by atoms with E-state index >= 15 is 0 Å². The Labute approximate surface area is 161 Å². The van der Waals surface area contributed by atoms with Gasteiger partial charge in [0, 0.05) is 12.3 Å². The van der Waals surface area contributed by atoms with Crippen molar-refractivity contribution in [1.29, 1.82) is 0 Å². The molecule has 0 aromatic heterocycles. The van der Waals surface area contributed by atoms with Crippen LogP contribution in [0.25, 0.3) is 0 Å². The van der Waals surface area contributed by atoms with Crippen LogP contribution < -0.4 is 0 Å². The lowest BCUT2D eigenvalue weighted by molar-refractivity contribution is -0.155. The molecule has 4 aliphatic rings. The quantitative estimate of drug-likeness (QED) is 0.497. The summed E-state index contributed by atoms with van der Waals surface area (Å²) >= 11 is 0. The average Bonchev–Trinajstić information content (AvgIpc) is 2.92. The van der Waals surface area contributed by atoms with E-state index in [9.17, 15) is 4.79 Å².